The Hall–Kier alpha value is -2.81. The molecule has 3 N–H and O–H groups in total. The number of nitrogens with zero attached hydrogens (tertiary/aromatic N) is 1. The summed E-state index contributed by atoms with van der Waals surface area (Å²) in [5.41, 5.74) is 9.28. The molecule has 8 heteroatoms. The number of nitrogens with one attached hydrogen (secondary N) is 3. The number of hydrogen-bond donors (Lipinski definition) is 3. The second-order valence-corrected chi connectivity index (χ2v) is 10.7. The van der Waals surface area contributed by atoms with Crippen molar-refractivity contribution in [3.63, 3.8) is 0 Å². The first-order valence-electron chi connectivity index (χ1n) is 13.4. The number of piperidine rings is 1. The molecule has 2 aromatic rings. The van der Waals surface area contributed by atoms with Gasteiger partial charge in [0.15, 0.2) is 5.78 Å². The first-order chi connectivity index (χ1) is 17.9. The van der Waals surface area contributed by atoms with Gasteiger partial charge in [-0.25, -0.2) is 9.82 Å². The molecule has 37 heavy (non-hydrogen) atoms. The average molecular weight is 509 g/mol. The summed E-state index contributed by atoms with van der Waals surface area (Å²) in [7, 11) is 1.56. The van der Waals surface area contributed by atoms with Crippen molar-refractivity contribution in [1.29, 1.82) is 0 Å². The number of rotatable bonds is 7. The summed E-state index contributed by atoms with van der Waals surface area (Å²) in [6.07, 6.45) is 4.52. The quantitative estimate of drug-likeness (QED) is 0.494. The van der Waals surface area contributed by atoms with Gasteiger partial charge in [0.25, 0.3) is 0 Å². The fourth-order valence-electron chi connectivity index (χ4n) is 6.29. The van der Waals surface area contributed by atoms with E-state index in [9.17, 15) is 14.0 Å². The van der Waals surface area contributed by atoms with Crippen LogP contribution >= 0.6 is 0 Å². The molecule has 2 heterocycles. The summed E-state index contributed by atoms with van der Waals surface area (Å²) in [6.45, 7) is 3.62. The molecule has 2 aromatic carbocycles. The lowest BCUT2D eigenvalue weighted by Crippen LogP contribution is -2.50. The minimum atomic E-state index is -0.258. The predicted octanol–water partition coefficient (Wildman–Crippen LogP) is 3.75. The molecule has 2 aliphatic heterocycles. The van der Waals surface area contributed by atoms with Crippen molar-refractivity contribution in [3.8, 4) is 5.75 Å². The van der Waals surface area contributed by atoms with Gasteiger partial charge in [-0.05, 0) is 69.2 Å². The Kier molecular flexibility index (Phi) is 7.88. The van der Waals surface area contributed by atoms with Crippen molar-refractivity contribution in [2.75, 3.05) is 20.2 Å². The molecule has 0 spiro atoms. The summed E-state index contributed by atoms with van der Waals surface area (Å²) in [5.74, 6) is 0.781. The van der Waals surface area contributed by atoms with E-state index >= 15 is 0 Å². The number of ether oxygens (including phenoxy) is 1. The van der Waals surface area contributed by atoms with Crippen LogP contribution in [-0.2, 0) is 11.3 Å². The van der Waals surface area contributed by atoms with Gasteiger partial charge in [-0.15, -0.1) is 0 Å². The lowest BCUT2D eigenvalue weighted by atomic mass is 9.74. The molecule has 5 rings (SSSR count). The third kappa shape index (κ3) is 5.71. The lowest BCUT2D eigenvalue weighted by molar-refractivity contribution is -0.127. The number of benzene rings is 2. The maximum Gasteiger partial charge on any atom is 0.223 e. The number of ketones is 1. The van der Waals surface area contributed by atoms with Crippen LogP contribution < -0.4 is 20.9 Å². The van der Waals surface area contributed by atoms with Gasteiger partial charge in [0.2, 0.25) is 5.91 Å². The van der Waals surface area contributed by atoms with Crippen molar-refractivity contribution >= 4 is 11.7 Å². The zero-order chi connectivity index (χ0) is 25.9. The van der Waals surface area contributed by atoms with E-state index in [1.165, 1.54) is 6.07 Å². The molecule has 2 saturated heterocycles. The van der Waals surface area contributed by atoms with E-state index in [4.69, 9.17) is 4.74 Å². The number of Topliss-reactive ketones (excluding diaryl/α,β-unsaturated/α-hetero) is 1. The third-order valence-corrected chi connectivity index (χ3v) is 8.33. The number of carbonyl (C=O) groups is 2. The SMILES string of the molecule is COc1cccc(F)c1CN1CCC[C@@H](NC(=O)C2CCC3NNC(c4ccc(C(C)=O)cc4)C3C2)C1. The summed E-state index contributed by atoms with van der Waals surface area (Å²) >= 11 is 0. The average Bonchev–Trinajstić information content (AvgIpc) is 3.33. The van der Waals surface area contributed by atoms with Gasteiger partial charge in [0.1, 0.15) is 11.6 Å². The second-order valence-electron chi connectivity index (χ2n) is 10.7. The van der Waals surface area contributed by atoms with Crippen molar-refractivity contribution in [1.82, 2.24) is 21.1 Å². The van der Waals surface area contributed by atoms with Crippen LogP contribution in [0.25, 0.3) is 0 Å². The zero-order valence-electron chi connectivity index (χ0n) is 21.6. The maximum absolute atomic E-state index is 14.5. The summed E-state index contributed by atoms with van der Waals surface area (Å²) in [6, 6.07) is 13.2. The molecular formula is C29H37FN4O3. The van der Waals surface area contributed by atoms with Crippen LogP contribution in [0.3, 0.4) is 0 Å². The van der Waals surface area contributed by atoms with Crippen molar-refractivity contribution in [2.45, 2.75) is 63.7 Å². The standard InChI is InChI=1S/C29H37FN4O3/c1-18(35)19-8-10-20(11-9-19)28-23-15-21(12-13-26(23)32-33-28)29(36)31-22-5-4-14-34(16-22)17-24-25(30)6-3-7-27(24)37-2/h3,6-11,21-23,26,28,32-33H,4-5,12-17H2,1-2H3,(H,31,36)/t21?,22-,23?,26?,28?/m1/s1. The van der Waals surface area contributed by atoms with E-state index in [1.54, 1.807) is 26.2 Å². The predicted molar refractivity (Wildman–Crippen MR) is 139 cm³/mol. The van der Waals surface area contributed by atoms with Gasteiger partial charge in [-0.2, -0.15) is 0 Å². The fourth-order valence-corrected chi connectivity index (χ4v) is 6.29. The Balaban J connectivity index is 1.19. The molecule has 1 aliphatic carbocycles. The van der Waals surface area contributed by atoms with E-state index < -0.39 is 0 Å². The smallest absolute Gasteiger partial charge is 0.223 e. The van der Waals surface area contributed by atoms with Crippen LogP contribution in [0, 0.1) is 17.7 Å². The number of carbonyl (C=O) groups excluding carboxylic acids is 2. The monoisotopic (exact) mass is 508 g/mol. The Morgan fingerprint density at radius 3 is 2.68 bits per heavy atom. The summed E-state index contributed by atoms with van der Waals surface area (Å²) in [5, 5.41) is 3.32. The van der Waals surface area contributed by atoms with E-state index in [1.807, 2.05) is 24.3 Å². The second kappa shape index (κ2) is 11.3. The van der Waals surface area contributed by atoms with Gasteiger partial charge in [-0.1, -0.05) is 30.3 Å². The molecule has 7 nitrogen and oxygen atoms in total. The number of amides is 1. The molecule has 198 valence electrons. The first-order valence-corrected chi connectivity index (χ1v) is 13.4. The molecule has 3 fully saturated rings. The largest absolute Gasteiger partial charge is 0.496 e. The highest BCUT2D eigenvalue weighted by atomic mass is 19.1. The fraction of sp³-hybridized carbons (Fsp3) is 0.517. The van der Waals surface area contributed by atoms with Crippen LogP contribution in [0.5, 0.6) is 5.75 Å². The Bertz CT molecular complexity index is 1120. The molecule has 4 unspecified atom stereocenters. The van der Waals surface area contributed by atoms with Crippen LogP contribution in [0.15, 0.2) is 42.5 Å². The van der Waals surface area contributed by atoms with Crippen LogP contribution in [0.1, 0.15) is 66.6 Å². The van der Waals surface area contributed by atoms with Gasteiger partial charge < -0.3 is 10.1 Å². The number of fused-ring (bicyclic) bond motifs is 1. The molecular weight excluding hydrogens is 471 g/mol. The van der Waals surface area contributed by atoms with Crippen molar-refractivity contribution in [2.24, 2.45) is 11.8 Å². The highest BCUT2D eigenvalue weighted by Gasteiger charge is 2.43. The maximum atomic E-state index is 14.5. The van der Waals surface area contributed by atoms with E-state index in [2.05, 4.69) is 21.1 Å². The lowest BCUT2D eigenvalue weighted by Gasteiger charge is -2.36. The number of likely N-dealkylation sites (tertiary alicyclic amines) is 1. The van der Waals surface area contributed by atoms with Gasteiger partial charge in [0.05, 0.1) is 13.2 Å². The van der Waals surface area contributed by atoms with Gasteiger partial charge in [-0.3, -0.25) is 19.9 Å². The Morgan fingerprint density at radius 2 is 1.92 bits per heavy atom. The van der Waals surface area contributed by atoms with Gasteiger partial charge >= 0.3 is 0 Å². The number of halogens is 1. The van der Waals surface area contributed by atoms with Gasteiger partial charge in [0, 0.05) is 42.2 Å². The van der Waals surface area contributed by atoms with E-state index in [0.717, 1.165) is 44.2 Å². The zero-order valence-corrected chi connectivity index (χ0v) is 21.6. The Labute approximate surface area is 218 Å². The minimum Gasteiger partial charge on any atom is -0.496 e. The summed E-state index contributed by atoms with van der Waals surface area (Å²) < 4.78 is 19.8. The number of hydrazine groups is 1. The molecule has 1 amide bonds. The van der Waals surface area contributed by atoms with Crippen molar-refractivity contribution in [3.05, 3.63) is 65.0 Å². The number of hydrogen-bond acceptors (Lipinski definition) is 6. The molecule has 0 bridgehead atoms. The van der Waals surface area contributed by atoms with E-state index in [-0.39, 0.29) is 35.5 Å². The molecule has 1 saturated carbocycles. The molecule has 0 aromatic heterocycles. The van der Waals surface area contributed by atoms with Crippen LogP contribution in [0.4, 0.5) is 4.39 Å². The van der Waals surface area contributed by atoms with Crippen LogP contribution in [0.2, 0.25) is 0 Å². The molecule has 3 aliphatic rings. The molecule has 5 atom stereocenters. The highest BCUT2D eigenvalue weighted by Crippen LogP contribution is 2.40. The van der Waals surface area contributed by atoms with E-state index in [0.29, 0.717) is 41.9 Å². The topological polar surface area (TPSA) is 82.7 Å². The minimum absolute atomic E-state index is 0.0241. The molecule has 0 radical (unpaired) electrons. The van der Waals surface area contributed by atoms with Crippen LogP contribution in [-0.4, -0.2) is 48.9 Å². The van der Waals surface area contributed by atoms with Crippen molar-refractivity contribution < 1.29 is 18.7 Å². The highest BCUT2D eigenvalue weighted by molar-refractivity contribution is 5.94. The summed E-state index contributed by atoms with van der Waals surface area (Å²) in [4.78, 5) is 27.2. The third-order valence-electron chi connectivity index (χ3n) is 8.33. The number of methoxy groups -OCH3 is 1. The Morgan fingerprint density at radius 1 is 1.11 bits per heavy atom. The first kappa shape index (κ1) is 25.8. The normalized spacial score (nSPS) is 27.9.